The monoisotopic (exact) mass is 433 g/mol. The highest BCUT2D eigenvalue weighted by atomic mass is 16.5. The summed E-state index contributed by atoms with van der Waals surface area (Å²) < 4.78 is 11.0. The third-order valence-corrected chi connectivity index (χ3v) is 6.80. The summed E-state index contributed by atoms with van der Waals surface area (Å²) in [6.07, 6.45) is 3.80. The van der Waals surface area contributed by atoms with Gasteiger partial charge in [-0.1, -0.05) is 63.2 Å². The highest BCUT2D eigenvalue weighted by molar-refractivity contribution is 5.68. The fourth-order valence-electron chi connectivity index (χ4n) is 4.66. The molecule has 0 fully saturated rings. The number of hydrogen-bond acceptors (Lipinski definition) is 4. The first-order valence-corrected chi connectivity index (χ1v) is 11.1. The van der Waals surface area contributed by atoms with Gasteiger partial charge in [0.15, 0.2) is 0 Å². The van der Waals surface area contributed by atoms with E-state index in [1.165, 1.54) is 30.2 Å². The molecule has 3 aromatic rings. The number of fused-ring (bicyclic) bond motifs is 1. The molecule has 0 bridgehead atoms. The number of benzene rings is 2. The molecule has 32 heavy (non-hydrogen) atoms. The lowest BCUT2D eigenvalue weighted by molar-refractivity contribution is -0.137. The Bertz CT molecular complexity index is 1080. The van der Waals surface area contributed by atoms with E-state index in [1.807, 2.05) is 24.3 Å². The van der Waals surface area contributed by atoms with Gasteiger partial charge in [0.05, 0.1) is 12.1 Å². The third kappa shape index (κ3) is 4.57. The lowest BCUT2D eigenvalue weighted by Gasteiger charge is -2.42. The molecule has 5 nitrogen and oxygen atoms in total. The van der Waals surface area contributed by atoms with Crippen molar-refractivity contribution in [3.63, 3.8) is 0 Å². The molecule has 1 unspecified atom stereocenters. The predicted octanol–water partition coefficient (Wildman–Crippen LogP) is 6.21. The average molecular weight is 434 g/mol. The first-order valence-electron chi connectivity index (χ1n) is 11.1. The van der Waals surface area contributed by atoms with E-state index >= 15 is 0 Å². The zero-order valence-corrected chi connectivity index (χ0v) is 19.2. The zero-order chi connectivity index (χ0) is 22.9. The molecule has 0 amide bonds. The summed E-state index contributed by atoms with van der Waals surface area (Å²) in [6, 6.07) is 16.0. The minimum atomic E-state index is -0.878. The molecule has 0 spiro atoms. The van der Waals surface area contributed by atoms with Crippen molar-refractivity contribution in [3.8, 4) is 5.75 Å². The maximum Gasteiger partial charge on any atom is 0.304 e. The van der Waals surface area contributed by atoms with Gasteiger partial charge in [-0.25, -0.2) is 0 Å². The van der Waals surface area contributed by atoms with Crippen LogP contribution in [0.2, 0.25) is 0 Å². The SMILES string of the molecule is CC1(C)CCC(C)(C)c2cc(COc3ccc(C(CC(=O)O)c4ccon4)cc3)ccc21. The Balaban J connectivity index is 1.49. The van der Waals surface area contributed by atoms with Crippen molar-refractivity contribution in [2.75, 3.05) is 0 Å². The normalized spacial score (nSPS) is 17.4. The Morgan fingerprint density at radius 3 is 2.34 bits per heavy atom. The second kappa shape index (κ2) is 8.45. The second-order valence-electron chi connectivity index (χ2n) is 10.1. The molecule has 1 N–H and O–H groups in total. The van der Waals surface area contributed by atoms with Gasteiger partial charge in [-0.15, -0.1) is 0 Å². The molecule has 0 saturated carbocycles. The summed E-state index contributed by atoms with van der Waals surface area (Å²) in [5, 5.41) is 13.2. The van der Waals surface area contributed by atoms with E-state index in [0.717, 1.165) is 16.9 Å². The fraction of sp³-hybridized carbons (Fsp3) is 0.407. The minimum Gasteiger partial charge on any atom is -0.489 e. The van der Waals surface area contributed by atoms with Gasteiger partial charge in [0.25, 0.3) is 0 Å². The molecular formula is C27H31NO4. The maximum atomic E-state index is 11.3. The lowest BCUT2D eigenvalue weighted by Crippen LogP contribution is -2.33. The van der Waals surface area contributed by atoms with E-state index in [0.29, 0.717) is 12.3 Å². The van der Waals surface area contributed by atoms with Crippen LogP contribution in [-0.2, 0) is 22.2 Å². The van der Waals surface area contributed by atoms with E-state index in [1.54, 1.807) is 6.07 Å². The van der Waals surface area contributed by atoms with Gasteiger partial charge in [-0.05, 0) is 58.1 Å². The van der Waals surface area contributed by atoms with Gasteiger partial charge in [-0.3, -0.25) is 4.79 Å². The summed E-state index contributed by atoms with van der Waals surface area (Å²) >= 11 is 0. The van der Waals surface area contributed by atoms with Crippen LogP contribution in [0.5, 0.6) is 5.75 Å². The van der Waals surface area contributed by atoms with Crippen LogP contribution in [0.3, 0.4) is 0 Å². The first kappa shape index (κ1) is 22.1. The average Bonchev–Trinajstić information content (AvgIpc) is 3.29. The number of carbonyl (C=O) groups is 1. The van der Waals surface area contributed by atoms with Crippen LogP contribution < -0.4 is 4.74 Å². The van der Waals surface area contributed by atoms with Crippen molar-refractivity contribution >= 4 is 5.97 Å². The van der Waals surface area contributed by atoms with Crippen molar-refractivity contribution in [2.24, 2.45) is 0 Å². The highest BCUT2D eigenvalue weighted by Gasteiger charge is 2.36. The Kier molecular flexibility index (Phi) is 5.85. The standard InChI is InChI=1S/C27H31NO4/c1-26(2)12-13-27(3,4)23-15-18(5-10-22(23)26)17-31-20-8-6-19(7-9-20)21(16-25(29)30)24-11-14-32-28-24/h5-11,14-15,21H,12-13,16-17H2,1-4H3,(H,29,30). The zero-order valence-electron chi connectivity index (χ0n) is 19.2. The van der Waals surface area contributed by atoms with Crippen LogP contribution in [-0.4, -0.2) is 16.2 Å². The van der Waals surface area contributed by atoms with Crippen LogP contribution in [0, 0.1) is 0 Å². The first-order chi connectivity index (χ1) is 15.2. The quantitative estimate of drug-likeness (QED) is 0.480. The molecule has 5 heteroatoms. The van der Waals surface area contributed by atoms with Gasteiger partial charge in [-0.2, -0.15) is 0 Å². The molecule has 1 heterocycles. The Labute approximate surface area is 189 Å². The molecule has 1 aromatic heterocycles. The van der Waals surface area contributed by atoms with Crippen molar-refractivity contribution in [1.82, 2.24) is 5.16 Å². The summed E-state index contributed by atoms with van der Waals surface area (Å²) in [4.78, 5) is 11.3. The predicted molar refractivity (Wildman–Crippen MR) is 123 cm³/mol. The minimum absolute atomic E-state index is 0.0476. The number of aromatic nitrogens is 1. The van der Waals surface area contributed by atoms with Crippen molar-refractivity contribution < 1.29 is 19.2 Å². The van der Waals surface area contributed by atoms with E-state index < -0.39 is 5.97 Å². The van der Waals surface area contributed by atoms with Gasteiger partial charge in [0.2, 0.25) is 0 Å². The smallest absolute Gasteiger partial charge is 0.304 e. The van der Waals surface area contributed by atoms with Crippen molar-refractivity contribution in [3.05, 3.63) is 82.7 Å². The molecule has 168 valence electrons. The number of hydrogen-bond donors (Lipinski definition) is 1. The summed E-state index contributed by atoms with van der Waals surface area (Å²) in [5.74, 6) is -0.483. The Morgan fingerprint density at radius 1 is 1.03 bits per heavy atom. The van der Waals surface area contributed by atoms with Gasteiger partial charge in [0.1, 0.15) is 18.6 Å². The number of rotatable bonds is 7. The van der Waals surface area contributed by atoms with Gasteiger partial charge < -0.3 is 14.4 Å². The lowest BCUT2D eigenvalue weighted by atomic mass is 9.63. The number of aliphatic carboxylic acids is 1. The molecule has 0 aliphatic heterocycles. The third-order valence-electron chi connectivity index (χ3n) is 6.80. The number of ether oxygens (including phenoxy) is 1. The topological polar surface area (TPSA) is 72.6 Å². The number of carboxylic acid groups (broad SMARTS) is 1. The fourth-order valence-corrected chi connectivity index (χ4v) is 4.66. The molecule has 0 radical (unpaired) electrons. The Morgan fingerprint density at radius 2 is 1.72 bits per heavy atom. The second-order valence-corrected chi connectivity index (χ2v) is 10.1. The maximum absolute atomic E-state index is 11.3. The van der Waals surface area contributed by atoms with E-state index in [2.05, 4.69) is 51.1 Å². The van der Waals surface area contributed by atoms with E-state index in [-0.39, 0.29) is 23.2 Å². The molecule has 1 aliphatic carbocycles. The summed E-state index contributed by atoms with van der Waals surface area (Å²) in [7, 11) is 0. The Hall–Kier alpha value is -3.08. The van der Waals surface area contributed by atoms with Gasteiger partial charge in [0, 0.05) is 12.0 Å². The molecular weight excluding hydrogens is 402 g/mol. The van der Waals surface area contributed by atoms with Crippen LogP contribution >= 0.6 is 0 Å². The molecule has 1 atom stereocenters. The summed E-state index contributed by atoms with van der Waals surface area (Å²) in [6.45, 7) is 9.80. The molecule has 0 saturated heterocycles. The molecule has 1 aliphatic rings. The highest BCUT2D eigenvalue weighted by Crippen LogP contribution is 2.46. The van der Waals surface area contributed by atoms with Crippen LogP contribution in [0.1, 0.15) is 80.8 Å². The van der Waals surface area contributed by atoms with Crippen LogP contribution in [0.15, 0.2) is 59.3 Å². The largest absolute Gasteiger partial charge is 0.489 e. The number of carboxylic acids is 1. The molecule has 4 rings (SSSR count). The van der Waals surface area contributed by atoms with Crippen LogP contribution in [0.25, 0.3) is 0 Å². The summed E-state index contributed by atoms with van der Waals surface area (Å²) in [5.41, 5.74) is 5.88. The van der Waals surface area contributed by atoms with Crippen LogP contribution in [0.4, 0.5) is 0 Å². The van der Waals surface area contributed by atoms with E-state index in [9.17, 15) is 9.90 Å². The number of nitrogens with zero attached hydrogens (tertiary/aromatic N) is 1. The van der Waals surface area contributed by atoms with Crippen molar-refractivity contribution in [2.45, 2.75) is 70.3 Å². The van der Waals surface area contributed by atoms with E-state index in [4.69, 9.17) is 9.26 Å². The van der Waals surface area contributed by atoms with Gasteiger partial charge >= 0.3 is 5.97 Å². The van der Waals surface area contributed by atoms with Crippen molar-refractivity contribution in [1.29, 1.82) is 0 Å². The molecule has 2 aromatic carbocycles.